The van der Waals surface area contributed by atoms with Gasteiger partial charge in [-0.25, -0.2) is 0 Å². The Bertz CT molecular complexity index is 1100. The summed E-state index contributed by atoms with van der Waals surface area (Å²) in [7, 11) is 0. The minimum absolute atomic E-state index is 0. The highest BCUT2D eigenvalue weighted by Gasteiger charge is 2.34. The van der Waals surface area contributed by atoms with Crippen LogP contribution < -0.4 is 0 Å². The molecule has 5 rings (SSSR count). The molecule has 3 unspecified atom stereocenters. The van der Waals surface area contributed by atoms with Gasteiger partial charge in [-0.3, -0.25) is 24.3 Å². The first-order chi connectivity index (χ1) is 17.7. The molecule has 0 bridgehead atoms. The number of ether oxygens (including phenoxy) is 1. The highest BCUT2D eigenvalue weighted by Crippen LogP contribution is 2.39. The van der Waals surface area contributed by atoms with Crippen molar-refractivity contribution in [3.8, 4) is 0 Å². The number of nitrogens with zero attached hydrogens (tertiary/aromatic N) is 3. The smallest absolute Gasteiger partial charge is 0.261 e. The molecule has 1 aliphatic carbocycles. The number of amides is 2. The van der Waals surface area contributed by atoms with Crippen LogP contribution in [0, 0.1) is 11.3 Å². The zero-order valence-corrected chi connectivity index (χ0v) is 25.8. The van der Waals surface area contributed by atoms with Crippen LogP contribution in [-0.2, 0) is 4.74 Å². The van der Waals surface area contributed by atoms with Crippen molar-refractivity contribution in [2.24, 2.45) is 11.3 Å². The molecule has 6 nitrogen and oxygen atoms in total. The van der Waals surface area contributed by atoms with Crippen molar-refractivity contribution < 1.29 is 14.3 Å². The third-order valence-electron chi connectivity index (χ3n) is 8.30. The molecule has 1 saturated heterocycles. The summed E-state index contributed by atoms with van der Waals surface area (Å²) in [5.41, 5.74) is 1.63. The average Bonchev–Trinajstić information content (AvgIpc) is 2.85. The number of thiol groups is 1. The Labute approximate surface area is 251 Å². The molecular formula is C30H43Cl2N3O3S. The second-order valence-corrected chi connectivity index (χ2v) is 12.9. The molecule has 39 heavy (non-hydrogen) atoms. The van der Waals surface area contributed by atoms with Gasteiger partial charge in [0.1, 0.15) is 0 Å². The van der Waals surface area contributed by atoms with E-state index in [4.69, 9.17) is 17.4 Å². The number of piperazine rings is 1. The monoisotopic (exact) mass is 595 g/mol. The number of carbonyl (C=O) groups is 2. The van der Waals surface area contributed by atoms with Gasteiger partial charge in [0, 0.05) is 67.6 Å². The van der Waals surface area contributed by atoms with Crippen molar-refractivity contribution in [2.75, 3.05) is 52.4 Å². The predicted molar refractivity (Wildman–Crippen MR) is 166 cm³/mol. The molecule has 3 atom stereocenters. The van der Waals surface area contributed by atoms with Crippen LogP contribution in [0.1, 0.15) is 60.7 Å². The van der Waals surface area contributed by atoms with Gasteiger partial charge >= 0.3 is 0 Å². The number of rotatable bonds is 8. The van der Waals surface area contributed by atoms with E-state index in [-0.39, 0.29) is 41.9 Å². The second kappa shape index (κ2) is 13.5. The third-order valence-corrected chi connectivity index (χ3v) is 8.61. The highest BCUT2D eigenvalue weighted by molar-refractivity contribution is 7.81. The largest absolute Gasteiger partial charge is 0.377 e. The minimum atomic E-state index is -0.179. The van der Waals surface area contributed by atoms with Gasteiger partial charge < -0.3 is 4.74 Å². The first-order valence-corrected chi connectivity index (χ1v) is 14.3. The SMILES string of the molecule is CC1CC(OCC(S)CN2CCN(CCN3C(=O)c4cccc5cccc(c45)C3=O)CC2)CC(C)(C)C1.Cl.Cl. The molecule has 2 amide bonds. The Kier molecular flexibility index (Phi) is 11.2. The molecule has 2 fully saturated rings. The lowest BCUT2D eigenvalue weighted by Gasteiger charge is -2.39. The number of hydrogen-bond donors (Lipinski definition) is 1. The van der Waals surface area contributed by atoms with Crippen molar-refractivity contribution in [3.05, 3.63) is 47.5 Å². The topological polar surface area (TPSA) is 53.1 Å². The molecule has 216 valence electrons. The van der Waals surface area contributed by atoms with Crippen molar-refractivity contribution in [2.45, 2.75) is 51.4 Å². The molecule has 2 aliphatic heterocycles. The molecule has 2 heterocycles. The Morgan fingerprint density at radius 1 is 0.923 bits per heavy atom. The third kappa shape index (κ3) is 7.49. The van der Waals surface area contributed by atoms with Gasteiger partial charge in [-0.15, -0.1) is 24.8 Å². The van der Waals surface area contributed by atoms with Crippen LogP contribution >= 0.6 is 37.4 Å². The molecule has 0 aromatic heterocycles. The van der Waals surface area contributed by atoms with Gasteiger partial charge in [0.15, 0.2) is 0 Å². The van der Waals surface area contributed by atoms with Crippen molar-refractivity contribution in [1.29, 1.82) is 0 Å². The molecule has 0 spiro atoms. The summed E-state index contributed by atoms with van der Waals surface area (Å²) >= 11 is 4.84. The maximum Gasteiger partial charge on any atom is 0.261 e. The second-order valence-electron chi connectivity index (χ2n) is 12.1. The van der Waals surface area contributed by atoms with Crippen LogP contribution in [0.3, 0.4) is 0 Å². The Hall–Kier alpha value is -1.35. The summed E-state index contributed by atoms with van der Waals surface area (Å²) in [6.07, 6.45) is 3.93. The molecule has 2 aromatic carbocycles. The Morgan fingerprint density at radius 2 is 1.51 bits per heavy atom. The molecule has 2 aromatic rings. The van der Waals surface area contributed by atoms with Gasteiger partial charge in [-0.05, 0) is 48.1 Å². The average molecular weight is 597 g/mol. The zero-order chi connectivity index (χ0) is 26.2. The van der Waals surface area contributed by atoms with E-state index < -0.39 is 0 Å². The lowest BCUT2D eigenvalue weighted by atomic mass is 9.71. The maximum atomic E-state index is 13.1. The molecule has 3 aliphatic rings. The van der Waals surface area contributed by atoms with E-state index in [0.29, 0.717) is 42.3 Å². The molecule has 9 heteroatoms. The predicted octanol–water partition coefficient (Wildman–Crippen LogP) is 5.43. The van der Waals surface area contributed by atoms with E-state index in [2.05, 4.69) is 30.6 Å². The minimum Gasteiger partial charge on any atom is -0.377 e. The first-order valence-electron chi connectivity index (χ1n) is 13.8. The lowest BCUT2D eigenvalue weighted by molar-refractivity contribution is -0.0243. The van der Waals surface area contributed by atoms with E-state index in [9.17, 15) is 9.59 Å². The van der Waals surface area contributed by atoms with Crippen LogP contribution in [0.5, 0.6) is 0 Å². The fourth-order valence-electron chi connectivity index (χ4n) is 6.70. The molecular weight excluding hydrogens is 553 g/mol. The van der Waals surface area contributed by atoms with Crippen molar-refractivity contribution in [1.82, 2.24) is 14.7 Å². The highest BCUT2D eigenvalue weighted by atomic mass is 35.5. The Balaban J connectivity index is 0.00000210. The van der Waals surface area contributed by atoms with Crippen LogP contribution in [0.4, 0.5) is 0 Å². The molecule has 0 radical (unpaired) electrons. The van der Waals surface area contributed by atoms with Crippen molar-refractivity contribution >= 4 is 60.0 Å². The summed E-state index contributed by atoms with van der Waals surface area (Å²) in [6.45, 7) is 13.6. The summed E-state index contributed by atoms with van der Waals surface area (Å²) in [5.74, 6) is 0.363. The quantitative estimate of drug-likeness (QED) is 0.326. The normalized spacial score (nSPS) is 24.3. The fourth-order valence-corrected chi connectivity index (χ4v) is 7.02. The lowest BCUT2D eigenvalue weighted by Crippen LogP contribution is -2.51. The van der Waals surface area contributed by atoms with Crippen LogP contribution in [-0.4, -0.2) is 90.3 Å². The zero-order valence-electron chi connectivity index (χ0n) is 23.3. The molecule has 0 N–H and O–H groups in total. The van der Waals surface area contributed by atoms with E-state index in [1.54, 1.807) is 0 Å². The van der Waals surface area contributed by atoms with Gasteiger partial charge in [-0.1, -0.05) is 45.0 Å². The van der Waals surface area contributed by atoms with Gasteiger partial charge in [-0.2, -0.15) is 12.6 Å². The summed E-state index contributed by atoms with van der Waals surface area (Å²) < 4.78 is 6.30. The number of halogens is 2. The van der Waals surface area contributed by atoms with Gasteiger partial charge in [0.05, 0.1) is 12.7 Å². The van der Waals surface area contributed by atoms with Crippen LogP contribution in [0.15, 0.2) is 36.4 Å². The van der Waals surface area contributed by atoms with E-state index in [0.717, 1.165) is 62.3 Å². The van der Waals surface area contributed by atoms with E-state index in [1.807, 2.05) is 36.4 Å². The first kappa shape index (κ1) is 32.2. The van der Waals surface area contributed by atoms with Crippen LogP contribution in [0.25, 0.3) is 10.8 Å². The number of hydrogen-bond acceptors (Lipinski definition) is 6. The van der Waals surface area contributed by atoms with E-state index in [1.165, 1.54) is 11.3 Å². The van der Waals surface area contributed by atoms with Gasteiger partial charge in [0.2, 0.25) is 0 Å². The standard InChI is InChI=1S/C30H41N3O3S.2ClH/c1-21-16-23(18-30(2,3)17-21)36-20-24(37)19-32-12-10-31(11-13-32)14-15-33-28(34)25-8-4-6-22-7-5-9-26(27(22)25)29(33)35;;/h4-9,21,23-24,37H,10-20H2,1-3H3;2*1H. The summed E-state index contributed by atoms with van der Waals surface area (Å²) in [5, 5.41) is 1.94. The maximum absolute atomic E-state index is 13.1. The fraction of sp³-hybridized carbons (Fsp3) is 0.600. The van der Waals surface area contributed by atoms with Crippen LogP contribution in [0.2, 0.25) is 0 Å². The number of carbonyl (C=O) groups excluding carboxylic acids is 2. The van der Waals surface area contributed by atoms with Crippen molar-refractivity contribution in [3.63, 3.8) is 0 Å². The number of benzene rings is 2. The molecule has 1 saturated carbocycles. The van der Waals surface area contributed by atoms with Gasteiger partial charge in [0.25, 0.3) is 11.8 Å². The summed E-state index contributed by atoms with van der Waals surface area (Å²) in [4.78, 5) is 32.5. The summed E-state index contributed by atoms with van der Waals surface area (Å²) in [6, 6.07) is 11.4. The van der Waals surface area contributed by atoms with E-state index >= 15 is 0 Å². The Morgan fingerprint density at radius 3 is 2.10 bits per heavy atom. The number of imide groups is 1.